The van der Waals surface area contributed by atoms with Gasteiger partial charge in [0.05, 0.1) is 15.9 Å². The first-order valence-electron chi connectivity index (χ1n) is 5.98. The van der Waals surface area contributed by atoms with Crippen LogP contribution in [0.3, 0.4) is 0 Å². The molecule has 0 saturated carbocycles. The van der Waals surface area contributed by atoms with Crippen LogP contribution in [-0.2, 0) is 6.42 Å². The summed E-state index contributed by atoms with van der Waals surface area (Å²) < 4.78 is 0. The molecule has 0 radical (unpaired) electrons. The fourth-order valence-corrected chi connectivity index (χ4v) is 1.79. The molecule has 98 valence electrons. The van der Waals surface area contributed by atoms with Crippen LogP contribution in [0.2, 0.25) is 0 Å². The minimum Gasteiger partial charge on any atom is -0.258 e. The van der Waals surface area contributed by atoms with Crippen LogP contribution < -0.4 is 0 Å². The Bertz CT molecular complexity index is 446. The lowest BCUT2D eigenvalue weighted by atomic mass is 10.0. The molecule has 1 rings (SSSR count). The summed E-state index contributed by atoms with van der Waals surface area (Å²) in [5.74, 6) is 0. The largest absolute Gasteiger partial charge is 0.279 e. The second-order valence-corrected chi connectivity index (χ2v) is 4.14. The molecule has 0 atom stereocenters. The van der Waals surface area contributed by atoms with Crippen molar-refractivity contribution in [2.45, 2.75) is 39.0 Å². The van der Waals surface area contributed by atoms with Gasteiger partial charge in [-0.2, -0.15) is 0 Å². The molecular formula is C12H16N2O4. The number of benzene rings is 1. The molecule has 0 spiro atoms. The highest BCUT2D eigenvalue weighted by atomic mass is 16.6. The van der Waals surface area contributed by atoms with E-state index < -0.39 is 9.85 Å². The van der Waals surface area contributed by atoms with Crippen molar-refractivity contribution in [3.63, 3.8) is 0 Å². The summed E-state index contributed by atoms with van der Waals surface area (Å²) in [6, 6.07) is 3.85. The maximum absolute atomic E-state index is 10.9. The van der Waals surface area contributed by atoms with E-state index in [1.807, 2.05) is 0 Å². The number of nitro groups is 2. The van der Waals surface area contributed by atoms with Gasteiger partial charge in [-0.3, -0.25) is 20.2 Å². The maximum Gasteiger partial charge on any atom is 0.279 e. The van der Waals surface area contributed by atoms with E-state index >= 15 is 0 Å². The fraction of sp³-hybridized carbons (Fsp3) is 0.500. The SMILES string of the molecule is CCCCCCc1ccc([N+](=O)[O-])cc1[N+](=O)[O-]. The van der Waals surface area contributed by atoms with Crippen molar-refractivity contribution in [3.05, 3.63) is 44.0 Å². The molecule has 0 aromatic heterocycles. The number of rotatable bonds is 7. The summed E-state index contributed by atoms with van der Waals surface area (Å²) >= 11 is 0. The lowest BCUT2D eigenvalue weighted by Gasteiger charge is -2.02. The molecule has 6 nitrogen and oxygen atoms in total. The van der Waals surface area contributed by atoms with Crippen LogP contribution in [-0.4, -0.2) is 9.85 Å². The van der Waals surface area contributed by atoms with E-state index in [0.717, 1.165) is 31.7 Å². The van der Waals surface area contributed by atoms with Crippen LogP contribution >= 0.6 is 0 Å². The second-order valence-electron chi connectivity index (χ2n) is 4.14. The maximum atomic E-state index is 10.9. The van der Waals surface area contributed by atoms with Gasteiger partial charge in [0.15, 0.2) is 0 Å². The van der Waals surface area contributed by atoms with Crippen molar-refractivity contribution < 1.29 is 9.85 Å². The van der Waals surface area contributed by atoms with Crippen molar-refractivity contribution in [2.24, 2.45) is 0 Å². The summed E-state index contributed by atoms with van der Waals surface area (Å²) in [7, 11) is 0. The summed E-state index contributed by atoms with van der Waals surface area (Å²) in [5, 5.41) is 21.4. The summed E-state index contributed by atoms with van der Waals surface area (Å²) in [6.07, 6.45) is 4.68. The molecule has 1 aromatic rings. The Kier molecular flexibility index (Phi) is 5.23. The molecule has 0 bridgehead atoms. The van der Waals surface area contributed by atoms with Crippen LogP contribution in [0.25, 0.3) is 0 Å². The van der Waals surface area contributed by atoms with Gasteiger partial charge in [0.25, 0.3) is 11.4 Å². The number of hydrogen-bond acceptors (Lipinski definition) is 4. The Morgan fingerprint density at radius 3 is 2.33 bits per heavy atom. The fourth-order valence-electron chi connectivity index (χ4n) is 1.79. The van der Waals surface area contributed by atoms with Crippen LogP contribution in [0, 0.1) is 20.2 Å². The van der Waals surface area contributed by atoms with E-state index in [9.17, 15) is 20.2 Å². The third-order valence-corrected chi connectivity index (χ3v) is 2.78. The molecule has 0 N–H and O–H groups in total. The third kappa shape index (κ3) is 3.80. The Morgan fingerprint density at radius 2 is 1.78 bits per heavy atom. The lowest BCUT2D eigenvalue weighted by Crippen LogP contribution is -1.98. The molecule has 0 amide bonds. The van der Waals surface area contributed by atoms with Crippen LogP contribution in [0.1, 0.15) is 38.2 Å². The topological polar surface area (TPSA) is 86.3 Å². The number of non-ortho nitro benzene ring substituents is 1. The second kappa shape index (κ2) is 6.68. The van der Waals surface area contributed by atoms with Crippen LogP contribution in [0.4, 0.5) is 11.4 Å². The molecule has 0 fully saturated rings. The molecule has 0 aliphatic rings. The standard InChI is InChI=1S/C12H16N2O4/c1-2-3-4-5-6-10-7-8-11(13(15)16)9-12(10)14(17)18/h7-9H,2-6H2,1H3. The van der Waals surface area contributed by atoms with E-state index in [0.29, 0.717) is 12.0 Å². The number of aryl methyl sites for hydroxylation is 1. The van der Waals surface area contributed by atoms with Gasteiger partial charge in [-0.15, -0.1) is 0 Å². The predicted molar refractivity (Wildman–Crippen MR) is 67.6 cm³/mol. The van der Waals surface area contributed by atoms with Crippen molar-refractivity contribution in [1.82, 2.24) is 0 Å². The van der Waals surface area contributed by atoms with Gasteiger partial charge < -0.3 is 0 Å². The summed E-state index contributed by atoms with van der Waals surface area (Å²) in [6.45, 7) is 2.09. The van der Waals surface area contributed by atoms with E-state index in [1.54, 1.807) is 0 Å². The van der Waals surface area contributed by atoms with Gasteiger partial charge in [-0.1, -0.05) is 26.2 Å². The van der Waals surface area contributed by atoms with Gasteiger partial charge in [0.2, 0.25) is 0 Å². The minimum absolute atomic E-state index is 0.152. The quantitative estimate of drug-likeness (QED) is 0.421. The normalized spacial score (nSPS) is 10.3. The number of nitrogens with zero attached hydrogens (tertiary/aromatic N) is 2. The van der Waals surface area contributed by atoms with Crippen molar-refractivity contribution in [2.75, 3.05) is 0 Å². The highest BCUT2D eigenvalue weighted by molar-refractivity contribution is 5.49. The molecule has 0 aliphatic carbocycles. The first-order chi connectivity index (χ1) is 8.56. The zero-order chi connectivity index (χ0) is 13.5. The van der Waals surface area contributed by atoms with Gasteiger partial charge in [0, 0.05) is 11.6 Å². The molecular weight excluding hydrogens is 236 g/mol. The first-order valence-corrected chi connectivity index (χ1v) is 5.98. The van der Waals surface area contributed by atoms with Crippen LogP contribution in [0.15, 0.2) is 18.2 Å². The number of nitro benzene ring substituents is 2. The van der Waals surface area contributed by atoms with E-state index in [-0.39, 0.29) is 11.4 Å². The monoisotopic (exact) mass is 252 g/mol. The first kappa shape index (κ1) is 14.1. The van der Waals surface area contributed by atoms with Crippen molar-refractivity contribution >= 4 is 11.4 Å². The minimum atomic E-state index is -0.617. The van der Waals surface area contributed by atoms with Gasteiger partial charge in [0.1, 0.15) is 0 Å². The van der Waals surface area contributed by atoms with E-state index in [2.05, 4.69) is 6.92 Å². The Balaban J connectivity index is 2.83. The van der Waals surface area contributed by atoms with E-state index in [4.69, 9.17) is 0 Å². The van der Waals surface area contributed by atoms with E-state index in [1.165, 1.54) is 12.1 Å². The van der Waals surface area contributed by atoms with Gasteiger partial charge >= 0.3 is 0 Å². The Labute approximate surface area is 105 Å². The van der Waals surface area contributed by atoms with Crippen LogP contribution in [0.5, 0.6) is 0 Å². The van der Waals surface area contributed by atoms with Crippen molar-refractivity contribution in [1.29, 1.82) is 0 Å². The highest BCUT2D eigenvalue weighted by Gasteiger charge is 2.18. The average molecular weight is 252 g/mol. The molecule has 6 heteroatoms. The molecule has 0 heterocycles. The Morgan fingerprint density at radius 1 is 1.06 bits per heavy atom. The molecule has 0 unspecified atom stereocenters. The van der Waals surface area contributed by atoms with Gasteiger partial charge in [-0.05, 0) is 18.9 Å². The predicted octanol–water partition coefficient (Wildman–Crippen LogP) is 3.63. The number of hydrogen-bond donors (Lipinski definition) is 0. The third-order valence-electron chi connectivity index (χ3n) is 2.78. The summed E-state index contributed by atoms with van der Waals surface area (Å²) in [5.41, 5.74) is 0.182. The van der Waals surface area contributed by atoms with Gasteiger partial charge in [-0.25, -0.2) is 0 Å². The molecule has 0 aliphatic heterocycles. The number of unbranched alkanes of at least 4 members (excludes halogenated alkanes) is 3. The highest BCUT2D eigenvalue weighted by Crippen LogP contribution is 2.26. The molecule has 18 heavy (non-hydrogen) atoms. The summed E-state index contributed by atoms with van der Waals surface area (Å²) in [4.78, 5) is 20.3. The Hall–Kier alpha value is -1.98. The zero-order valence-corrected chi connectivity index (χ0v) is 10.3. The smallest absolute Gasteiger partial charge is 0.258 e. The lowest BCUT2D eigenvalue weighted by molar-refractivity contribution is -0.394. The average Bonchev–Trinajstić information content (AvgIpc) is 2.34. The van der Waals surface area contributed by atoms with Crippen molar-refractivity contribution in [3.8, 4) is 0 Å². The molecule has 0 saturated heterocycles. The zero-order valence-electron chi connectivity index (χ0n) is 10.3. The molecule has 1 aromatic carbocycles.